The lowest BCUT2D eigenvalue weighted by molar-refractivity contribution is 0.213. The summed E-state index contributed by atoms with van der Waals surface area (Å²) in [4.78, 5) is 14.7. The normalized spacial score (nSPS) is 10.4. The van der Waals surface area contributed by atoms with E-state index in [0.29, 0.717) is 36.3 Å². The third-order valence-corrected chi connectivity index (χ3v) is 3.13. The molecule has 6 heteroatoms. The fraction of sp³-hybridized carbons (Fsp3) is 0.600. The number of imidazole rings is 1. The Bertz CT molecular complexity index is 542. The molecule has 0 aliphatic carbocycles. The number of hydrogen-bond acceptors (Lipinski definition) is 4. The van der Waals surface area contributed by atoms with Crippen molar-refractivity contribution in [1.82, 2.24) is 9.55 Å². The molecule has 1 heterocycles. The molecule has 1 rings (SSSR count). The highest BCUT2D eigenvalue weighted by Gasteiger charge is 2.16. The summed E-state index contributed by atoms with van der Waals surface area (Å²) in [5, 5.41) is 10.8. The second-order valence-corrected chi connectivity index (χ2v) is 5.03. The summed E-state index contributed by atoms with van der Waals surface area (Å²) < 4.78 is 7.09. The Morgan fingerprint density at radius 1 is 1.38 bits per heavy atom. The predicted molar refractivity (Wildman–Crippen MR) is 86.1 cm³/mol. The van der Waals surface area contributed by atoms with Gasteiger partial charge in [-0.1, -0.05) is 26.7 Å². The largest absolute Gasteiger partial charge is 0.479 e. The number of anilines is 1. The summed E-state index contributed by atoms with van der Waals surface area (Å²) in [6.45, 7) is 10.8. The first kappa shape index (κ1) is 17.1. The van der Waals surface area contributed by atoms with E-state index >= 15 is 0 Å². The smallest absolute Gasteiger partial charge is 0.327 e. The Morgan fingerprint density at radius 3 is 2.62 bits per heavy atom. The van der Waals surface area contributed by atoms with Gasteiger partial charge in [0.1, 0.15) is 11.5 Å². The van der Waals surface area contributed by atoms with Crippen molar-refractivity contribution in [2.24, 2.45) is 0 Å². The van der Waals surface area contributed by atoms with Crippen molar-refractivity contribution < 1.29 is 4.74 Å². The minimum Gasteiger partial charge on any atom is -0.479 e. The topological polar surface area (TPSA) is 82.9 Å². The maximum Gasteiger partial charge on any atom is 0.327 e. The molecule has 3 N–H and O–H groups in total. The summed E-state index contributed by atoms with van der Waals surface area (Å²) in [5.41, 5.74) is 0.566. The molecule has 1 aromatic heterocycles. The standard InChI is InChI=1S/C15H26N4O2/c1-5-7-9-19-14(13(11(3)16)18-15(19)20)17-12(4)21-10-8-6-2/h16-17H,4-10H2,1-3H3,(H,18,20). The second kappa shape index (κ2) is 8.34. The van der Waals surface area contributed by atoms with Crippen molar-refractivity contribution in [2.75, 3.05) is 11.9 Å². The van der Waals surface area contributed by atoms with Gasteiger partial charge in [-0.2, -0.15) is 0 Å². The average molecular weight is 294 g/mol. The van der Waals surface area contributed by atoms with Gasteiger partial charge in [-0.05, 0) is 26.3 Å². The molecule has 0 saturated carbocycles. The van der Waals surface area contributed by atoms with Gasteiger partial charge in [0, 0.05) is 6.54 Å². The summed E-state index contributed by atoms with van der Waals surface area (Å²) >= 11 is 0. The van der Waals surface area contributed by atoms with E-state index in [1.165, 1.54) is 0 Å². The first-order chi connectivity index (χ1) is 10.0. The van der Waals surface area contributed by atoms with Crippen LogP contribution in [-0.4, -0.2) is 21.9 Å². The Hall–Kier alpha value is -1.98. The number of unbranched alkanes of at least 4 members (excludes halogenated alkanes) is 2. The number of aromatic nitrogens is 2. The fourth-order valence-electron chi connectivity index (χ4n) is 1.91. The van der Waals surface area contributed by atoms with Crippen LogP contribution in [0.25, 0.3) is 0 Å². The molecule has 6 nitrogen and oxygen atoms in total. The highest BCUT2D eigenvalue weighted by molar-refractivity contribution is 5.99. The molecular weight excluding hydrogens is 268 g/mol. The zero-order chi connectivity index (χ0) is 15.8. The van der Waals surface area contributed by atoms with Crippen LogP contribution in [0.1, 0.15) is 52.1 Å². The molecule has 0 fully saturated rings. The van der Waals surface area contributed by atoms with E-state index in [1.807, 2.05) is 0 Å². The minimum atomic E-state index is -0.214. The van der Waals surface area contributed by atoms with Crippen LogP contribution in [0, 0.1) is 5.41 Å². The summed E-state index contributed by atoms with van der Waals surface area (Å²) in [6, 6.07) is 0. The molecule has 0 unspecified atom stereocenters. The zero-order valence-electron chi connectivity index (χ0n) is 13.2. The Morgan fingerprint density at radius 2 is 2.05 bits per heavy atom. The Kier molecular flexibility index (Phi) is 6.78. The van der Waals surface area contributed by atoms with Gasteiger partial charge in [0.15, 0.2) is 5.88 Å². The number of rotatable bonds is 10. The van der Waals surface area contributed by atoms with Crippen LogP contribution in [0.4, 0.5) is 5.82 Å². The molecule has 21 heavy (non-hydrogen) atoms. The van der Waals surface area contributed by atoms with Crippen LogP contribution in [0.5, 0.6) is 0 Å². The van der Waals surface area contributed by atoms with Gasteiger partial charge >= 0.3 is 5.69 Å². The second-order valence-electron chi connectivity index (χ2n) is 5.03. The van der Waals surface area contributed by atoms with Crippen molar-refractivity contribution in [3.8, 4) is 0 Å². The average Bonchev–Trinajstić information content (AvgIpc) is 2.73. The van der Waals surface area contributed by atoms with Crippen molar-refractivity contribution in [2.45, 2.75) is 53.0 Å². The third kappa shape index (κ3) is 4.81. The fourth-order valence-corrected chi connectivity index (χ4v) is 1.91. The maximum absolute atomic E-state index is 12.0. The molecule has 0 atom stereocenters. The van der Waals surface area contributed by atoms with Crippen molar-refractivity contribution in [1.29, 1.82) is 5.41 Å². The molecular formula is C15H26N4O2. The van der Waals surface area contributed by atoms with Crippen LogP contribution >= 0.6 is 0 Å². The molecule has 0 aliphatic heterocycles. The highest BCUT2D eigenvalue weighted by atomic mass is 16.5. The van der Waals surface area contributed by atoms with E-state index in [-0.39, 0.29) is 5.69 Å². The number of aromatic amines is 1. The molecule has 0 aromatic carbocycles. The van der Waals surface area contributed by atoms with Gasteiger partial charge in [-0.25, -0.2) is 4.79 Å². The van der Waals surface area contributed by atoms with Crippen LogP contribution < -0.4 is 11.0 Å². The van der Waals surface area contributed by atoms with Gasteiger partial charge in [-0.3, -0.25) is 4.57 Å². The molecule has 0 bridgehead atoms. The SMILES string of the molecule is C=C(Nc1c(C(C)=N)[nH]c(=O)n1CCCC)OCCCC. The van der Waals surface area contributed by atoms with E-state index in [0.717, 1.165) is 25.7 Å². The lowest BCUT2D eigenvalue weighted by Crippen LogP contribution is -2.19. The van der Waals surface area contributed by atoms with Crippen molar-refractivity contribution in [3.05, 3.63) is 28.6 Å². The van der Waals surface area contributed by atoms with E-state index in [9.17, 15) is 4.79 Å². The molecule has 1 aromatic rings. The van der Waals surface area contributed by atoms with E-state index < -0.39 is 0 Å². The van der Waals surface area contributed by atoms with Crippen LogP contribution in [0.3, 0.4) is 0 Å². The van der Waals surface area contributed by atoms with E-state index in [4.69, 9.17) is 10.1 Å². The maximum atomic E-state index is 12.0. The predicted octanol–water partition coefficient (Wildman–Crippen LogP) is 3.06. The third-order valence-electron chi connectivity index (χ3n) is 3.13. The van der Waals surface area contributed by atoms with Gasteiger partial charge in [0.25, 0.3) is 0 Å². The van der Waals surface area contributed by atoms with Crippen LogP contribution in [-0.2, 0) is 11.3 Å². The zero-order valence-corrected chi connectivity index (χ0v) is 13.2. The molecule has 0 aliphatic rings. The molecule has 0 spiro atoms. The number of H-pyrrole nitrogens is 1. The molecule has 0 saturated heterocycles. The first-order valence-electron chi connectivity index (χ1n) is 7.48. The molecule has 0 amide bonds. The van der Waals surface area contributed by atoms with Gasteiger partial charge < -0.3 is 20.4 Å². The van der Waals surface area contributed by atoms with E-state index in [1.54, 1.807) is 11.5 Å². The van der Waals surface area contributed by atoms with Crippen LogP contribution in [0.15, 0.2) is 17.3 Å². The highest BCUT2D eigenvalue weighted by Crippen LogP contribution is 2.16. The number of hydrogen-bond donors (Lipinski definition) is 3. The molecule has 0 radical (unpaired) electrons. The number of ether oxygens (including phenoxy) is 1. The lowest BCUT2D eigenvalue weighted by atomic mass is 10.3. The Labute approximate surface area is 125 Å². The van der Waals surface area contributed by atoms with Crippen molar-refractivity contribution in [3.63, 3.8) is 0 Å². The Balaban J connectivity index is 2.93. The van der Waals surface area contributed by atoms with Crippen LogP contribution in [0.2, 0.25) is 0 Å². The van der Waals surface area contributed by atoms with Gasteiger partial charge in [-0.15, -0.1) is 0 Å². The van der Waals surface area contributed by atoms with E-state index in [2.05, 4.69) is 30.7 Å². The van der Waals surface area contributed by atoms with Gasteiger partial charge in [0.2, 0.25) is 0 Å². The first-order valence-corrected chi connectivity index (χ1v) is 7.48. The molecule has 118 valence electrons. The summed E-state index contributed by atoms with van der Waals surface area (Å²) in [7, 11) is 0. The van der Waals surface area contributed by atoms with Crippen molar-refractivity contribution >= 4 is 11.5 Å². The monoisotopic (exact) mass is 294 g/mol. The quantitative estimate of drug-likeness (QED) is 0.352. The summed E-state index contributed by atoms with van der Waals surface area (Å²) in [6.07, 6.45) is 3.88. The number of nitrogens with one attached hydrogen (secondary N) is 3. The number of nitrogens with zero attached hydrogens (tertiary/aromatic N) is 1. The lowest BCUT2D eigenvalue weighted by Gasteiger charge is -2.14. The van der Waals surface area contributed by atoms with Gasteiger partial charge in [0.05, 0.1) is 12.3 Å². The summed E-state index contributed by atoms with van der Waals surface area (Å²) in [5.74, 6) is 0.956. The minimum absolute atomic E-state index is 0.214.